The van der Waals surface area contributed by atoms with Gasteiger partial charge in [0.25, 0.3) is 0 Å². The zero-order valence-electron chi connectivity index (χ0n) is 15.6. The molecule has 0 aliphatic carbocycles. The molecule has 0 aliphatic heterocycles. The third kappa shape index (κ3) is 4.10. The van der Waals surface area contributed by atoms with Crippen LogP contribution in [0.3, 0.4) is 0 Å². The van der Waals surface area contributed by atoms with E-state index in [4.69, 9.17) is 9.15 Å². The van der Waals surface area contributed by atoms with Crippen molar-refractivity contribution < 1.29 is 9.15 Å². The molecule has 0 amide bonds. The van der Waals surface area contributed by atoms with Gasteiger partial charge in [-0.15, -0.1) is 0 Å². The molecule has 1 heterocycles. The minimum atomic E-state index is 0.0259. The van der Waals surface area contributed by atoms with Gasteiger partial charge in [0.1, 0.15) is 11.8 Å². The molecule has 1 atom stereocenters. The molecule has 138 valence electrons. The fraction of sp³-hybridized carbons (Fsp3) is 0.238. The third-order valence-corrected chi connectivity index (χ3v) is 4.33. The maximum atomic E-state index is 9.41. The Hall–Kier alpha value is -3.30. The number of ether oxygens (including phenoxy) is 1. The van der Waals surface area contributed by atoms with Crippen LogP contribution < -0.4 is 10.1 Å². The minimum absolute atomic E-state index is 0.0259. The second kappa shape index (κ2) is 8.39. The van der Waals surface area contributed by atoms with Gasteiger partial charge in [-0.05, 0) is 32.3 Å². The summed E-state index contributed by atoms with van der Waals surface area (Å²) in [6.07, 6.45) is 0. The molecule has 0 saturated heterocycles. The van der Waals surface area contributed by atoms with Gasteiger partial charge in [0.05, 0.1) is 13.2 Å². The maximum absolute atomic E-state index is 9.41. The smallest absolute Gasteiger partial charge is 0.232 e. The Morgan fingerprint density at radius 2 is 1.85 bits per heavy atom. The lowest BCUT2D eigenvalue weighted by Gasteiger charge is -2.26. The molecule has 2 aromatic carbocycles. The molecule has 3 aromatic rings. The first kappa shape index (κ1) is 18.5. The number of hydrogen-bond donors (Lipinski definition) is 1. The number of benzene rings is 2. The quantitative estimate of drug-likeness (QED) is 0.686. The van der Waals surface area contributed by atoms with Gasteiger partial charge in [-0.25, -0.2) is 0 Å². The highest BCUT2D eigenvalue weighted by Gasteiger charge is 2.20. The zero-order chi connectivity index (χ0) is 19.2. The Labute approximate surface area is 159 Å². The summed E-state index contributed by atoms with van der Waals surface area (Å²) in [7, 11) is 5.66. The summed E-state index contributed by atoms with van der Waals surface area (Å²) in [6, 6.07) is 19.5. The lowest BCUT2D eigenvalue weighted by molar-refractivity contribution is 0.299. The van der Waals surface area contributed by atoms with Gasteiger partial charge in [0.15, 0.2) is 0 Å². The van der Waals surface area contributed by atoms with E-state index in [1.54, 1.807) is 7.11 Å². The maximum Gasteiger partial charge on any atom is 0.232 e. The van der Waals surface area contributed by atoms with E-state index in [0.29, 0.717) is 18.3 Å². The monoisotopic (exact) mass is 362 g/mol. The number of para-hydroxylation sites is 1. The van der Waals surface area contributed by atoms with Crippen LogP contribution >= 0.6 is 0 Å². The Kier molecular flexibility index (Phi) is 5.74. The lowest BCUT2D eigenvalue weighted by Crippen LogP contribution is -2.27. The molecule has 1 N–H and O–H groups in total. The van der Waals surface area contributed by atoms with Gasteiger partial charge in [-0.3, -0.25) is 0 Å². The van der Waals surface area contributed by atoms with E-state index in [0.717, 1.165) is 16.9 Å². The topological polar surface area (TPSA) is 74.3 Å². The fourth-order valence-electron chi connectivity index (χ4n) is 2.92. The molecule has 0 aliphatic rings. The van der Waals surface area contributed by atoms with Crippen LogP contribution in [0.15, 0.2) is 59.0 Å². The van der Waals surface area contributed by atoms with Crippen LogP contribution in [0.25, 0.3) is 11.5 Å². The SMILES string of the molecule is COc1ccccc1[C@H](CNc1oc(-c2ccccc2)nc1C#N)N(C)C. The molecule has 0 bridgehead atoms. The molecule has 0 spiro atoms. The molecular formula is C21H22N4O2. The van der Waals surface area contributed by atoms with Crippen LogP contribution in [0.1, 0.15) is 17.3 Å². The van der Waals surface area contributed by atoms with Crippen LogP contribution in [-0.4, -0.2) is 37.6 Å². The number of methoxy groups -OCH3 is 1. The van der Waals surface area contributed by atoms with Crippen molar-refractivity contribution in [2.75, 3.05) is 33.1 Å². The Morgan fingerprint density at radius 3 is 2.52 bits per heavy atom. The summed E-state index contributed by atoms with van der Waals surface area (Å²) in [4.78, 5) is 6.39. The highest BCUT2D eigenvalue weighted by molar-refractivity contribution is 5.58. The Bertz CT molecular complexity index is 929. The Balaban J connectivity index is 1.84. The summed E-state index contributed by atoms with van der Waals surface area (Å²) in [5.41, 5.74) is 2.13. The molecular weight excluding hydrogens is 340 g/mol. The summed E-state index contributed by atoms with van der Waals surface area (Å²) < 4.78 is 11.3. The first-order valence-electron chi connectivity index (χ1n) is 8.63. The van der Waals surface area contributed by atoms with Crippen molar-refractivity contribution in [1.29, 1.82) is 5.26 Å². The summed E-state index contributed by atoms with van der Waals surface area (Å²) >= 11 is 0. The molecule has 0 unspecified atom stereocenters. The number of likely N-dealkylation sites (N-methyl/N-ethyl adjacent to an activating group) is 1. The van der Waals surface area contributed by atoms with E-state index in [-0.39, 0.29) is 11.7 Å². The van der Waals surface area contributed by atoms with Crippen molar-refractivity contribution in [3.05, 3.63) is 65.9 Å². The second-order valence-electron chi connectivity index (χ2n) is 6.28. The molecule has 6 nitrogen and oxygen atoms in total. The van der Waals surface area contributed by atoms with Gasteiger partial charge >= 0.3 is 0 Å². The molecule has 0 saturated carbocycles. The molecule has 0 radical (unpaired) electrons. The summed E-state index contributed by atoms with van der Waals surface area (Å²) in [5.74, 6) is 1.62. The van der Waals surface area contributed by atoms with Crippen molar-refractivity contribution >= 4 is 5.88 Å². The second-order valence-corrected chi connectivity index (χ2v) is 6.28. The average Bonchev–Trinajstić information content (AvgIpc) is 3.12. The number of oxazole rings is 1. The van der Waals surface area contributed by atoms with Gasteiger partial charge in [-0.2, -0.15) is 10.2 Å². The zero-order valence-corrected chi connectivity index (χ0v) is 15.6. The number of nitrogens with zero attached hydrogens (tertiary/aromatic N) is 3. The molecule has 3 rings (SSSR count). The van der Waals surface area contributed by atoms with E-state index in [9.17, 15) is 5.26 Å². The highest BCUT2D eigenvalue weighted by Crippen LogP contribution is 2.30. The Morgan fingerprint density at radius 1 is 1.15 bits per heavy atom. The van der Waals surface area contributed by atoms with E-state index in [2.05, 4.69) is 21.3 Å². The van der Waals surface area contributed by atoms with Crippen LogP contribution in [0.2, 0.25) is 0 Å². The van der Waals surface area contributed by atoms with E-state index in [1.165, 1.54) is 0 Å². The van der Waals surface area contributed by atoms with E-state index >= 15 is 0 Å². The van der Waals surface area contributed by atoms with Crippen LogP contribution in [0.5, 0.6) is 5.75 Å². The number of nitriles is 1. The lowest BCUT2D eigenvalue weighted by atomic mass is 10.0. The molecule has 1 aromatic heterocycles. The number of aromatic nitrogens is 1. The number of rotatable bonds is 7. The standard InChI is InChI=1S/C21H22N4O2/c1-25(2)18(16-11-7-8-12-19(16)26-3)14-23-21-17(13-22)24-20(27-21)15-9-5-4-6-10-15/h4-12,18,23H,14H2,1-3H3/t18-/m0/s1. The number of hydrogen-bond acceptors (Lipinski definition) is 6. The summed E-state index contributed by atoms with van der Waals surface area (Å²) in [5, 5.41) is 12.6. The minimum Gasteiger partial charge on any atom is -0.496 e. The van der Waals surface area contributed by atoms with Crippen LogP contribution in [-0.2, 0) is 0 Å². The van der Waals surface area contributed by atoms with Gasteiger partial charge in [-0.1, -0.05) is 36.4 Å². The van der Waals surface area contributed by atoms with Crippen LogP contribution in [0.4, 0.5) is 5.88 Å². The predicted molar refractivity (Wildman–Crippen MR) is 105 cm³/mol. The van der Waals surface area contributed by atoms with Crippen molar-refractivity contribution in [2.24, 2.45) is 0 Å². The third-order valence-electron chi connectivity index (χ3n) is 4.33. The molecule has 6 heteroatoms. The largest absolute Gasteiger partial charge is 0.496 e. The first-order chi connectivity index (χ1) is 13.1. The van der Waals surface area contributed by atoms with Crippen molar-refractivity contribution in [3.8, 4) is 23.3 Å². The van der Waals surface area contributed by atoms with Crippen molar-refractivity contribution in [1.82, 2.24) is 9.88 Å². The number of anilines is 1. The van der Waals surface area contributed by atoms with Crippen LogP contribution in [0, 0.1) is 11.3 Å². The predicted octanol–water partition coefficient (Wildman–Crippen LogP) is 3.94. The van der Waals surface area contributed by atoms with Crippen molar-refractivity contribution in [3.63, 3.8) is 0 Å². The average molecular weight is 362 g/mol. The normalized spacial score (nSPS) is 11.8. The van der Waals surface area contributed by atoms with E-state index < -0.39 is 0 Å². The molecule has 27 heavy (non-hydrogen) atoms. The number of nitrogens with one attached hydrogen (secondary N) is 1. The van der Waals surface area contributed by atoms with Gasteiger partial charge in [0, 0.05) is 17.7 Å². The summed E-state index contributed by atoms with van der Waals surface area (Å²) in [6.45, 7) is 0.533. The first-order valence-corrected chi connectivity index (χ1v) is 8.63. The van der Waals surface area contributed by atoms with Gasteiger partial charge < -0.3 is 19.4 Å². The fourth-order valence-corrected chi connectivity index (χ4v) is 2.92. The highest BCUT2D eigenvalue weighted by atomic mass is 16.5. The van der Waals surface area contributed by atoms with E-state index in [1.807, 2.05) is 68.7 Å². The molecule has 0 fully saturated rings. The van der Waals surface area contributed by atoms with Crippen molar-refractivity contribution in [2.45, 2.75) is 6.04 Å². The van der Waals surface area contributed by atoms with Gasteiger partial charge in [0.2, 0.25) is 17.5 Å².